The molecule has 1 atom stereocenters. The highest BCUT2D eigenvalue weighted by Crippen LogP contribution is 2.17. The van der Waals surface area contributed by atoms with Crippen molar-refractivity contribution in [2.24, 2.45) is 0 Å². The molecule has 9 heteroatoms. The van der Waals surface area contributed by atoms with E-state index in [0.29, 0.717) is 30.2 Å². The number of amides is 3. The standard InChI is InChI=1S/C16H17N5O3S/c22-13-4-3-12(20-13)15(24)21-16-19-11(9-25-16)6-14(23)18-8-10-2-1-5-17-7-10/h1-2,5,7,9,12H,3-4,6,8H2,(H,18,23)(H,20,22)(H,19,21,24)/t12-/m1/s1. The number of anilines is 1. The van der Waals surface area contributed by atoms with Crippen molar-refractivity contribution in [1.29, 1.82) is 0 Å². The van der Waals surface area contributed by atoms with Crippen LogP contribution in [0.4, 0.5) is 5.13 Å². The zero-order valence-corrected chi connectivity index (χ0v) is 14.1. The van der Waals surface area contributed by atoms with Crippen LogP contribution >= 0.6 is 11.3 Å². The molecule has 1 aliphatic heterocycles. The lowest BCUT2D eigenvalue weighted by Crippen LogP contribution is -2.37. The minimum Gasteiger partial charge on any atom is -0.352 e. The van der Waals surface area contributed by atoms with Crippen LogP contribution in [0.3, 0.4) is 0 Å². The average Bonchev–Trinajstić information content (AvgIpc) is 3.23. The molecule has 0 bridgehead atoms. The molecular formula is C16H17N5O3S. The monoisotopic (exact) mass is 359 g/mol. The maximum absolute atomic E-state index is 12.0. The summed E-state index contributed by atoms with van der Waals surface area (Å²) in [5, 5.41) is 10.2. The lowest BCUT2D eigenvalue weighted by molar-refractivity contribution is -0.122. The maximum Gasteiger partial charge on any atom is 0.248 e. The van der Waals surface area contributed by atoms with Gasteiger partial charge >= 0.3 is 0 Å². The number of thiazole rings is 1. The Bertz CT molecular complexity index is 777. The van der Waals surface area contributed by atoms with Crippen molar-refractivity contribution in [2.75, 3.05) is 5.32 Å². The van der Waals surface area contributed by atoms with Crippen molar-refractivity contribution >= 4 is 34.2 Å². The lowest BCUT2D eigenvalue weighted by atomic mass is 10.2. The molecule has 1 fully saturated rings. The summed E-state index contributed by atoms with van der Waals surface area (Å²) in [4.78, 5) is 43.3. The number of nitrogens with one attached hydrogen (secondary N) is 3. The molecule has 3 amide bonds. The van der Waals surface area contributed by atoms with Crippen LogP contribution in [0.5, 0.6) is 0 Å². The van der Waals surface area contributed by atoms with E-state index < -0.39 is 6.04 Å². The number of pyridine rings is 1. The number of rotatable bonds is 6. The normalized spacial score (nSPS) is 16.3. The fourth-order valence-electron chi connectivity index (χ4n) is 2.38. The molecule has 8 nitrogen and oxygen atoms in total. The molecule has 3 rings (SSSR count). The van der Waals surface area contributed by atoms with Gasteiger partial charge in [-0.2, -0.15) is 0 Å². The predicted molar refractivity (Wildman–Crippen MR) is 91.7 cm³/mol. The zero-order valence-electron chi connectivity index (χ0n) is 13.3. The molecule has 0 unspecified atom stereocenters. The van der Waals surface area contributed by atoms with Gasteiger partial charge in [0.15, 0.2) is 5.13 Å². The van der Waals surface area contributed by atoms with E-state index in [2.05, 4.69) is 25.9 Å². The van der Waals surface area contributed by atoms with Gasteiger partial charge in [-0.05, 0) is 18.1 Å². The quantitative estimate of drug-likeness (QED) is 0.700. The van der Waals surface area contributed by atoms with E-state index in [-0.39, 0.29) is 24.1 Å². The van der Waals surface area contributed by atoms with E-state index in [0.717, 1.165) is 5.56 Å². The Balaban J connectivity index is 1.47. The van der Waals surface area contributed by atoms with Crippen LogP contribution in [0.25, 0.3) is 0 Å². The average molecular weight is 359 g/mol. The second-order valence-electron chi connectivity index (χ2n) is 5.61. The fraction of sp³-hybridized carbons (Fsp3) is 0.312. The van der Waals surface area contributed by atoms with Gasteiger partial charge in [-0.3, -0.25) is 19.4 Å². The summed E-state index contributed by atoms with van der Waals surface area (Å²) in [7, 11) is 0. The van der Waals surface area contributed by atoms with E-state index in [1.165, 1.54) is 11.3 Å². The van der Waals surface area contributed by atoms with Gasteiger partial charge in [0.1, 0.15) is 6.04 Å². The van der Waals surface area contributed by atoms with Crippen molar-refractivity contribution < 1.29 is 14.4 Å². The number of aromatic nitrogens is 2. The Morgan fingerprint density at radius 2 is 2.28 bits per heavy atom. The fourth-order valence-corrected chi connectivity index (χ4v) is 3.09. The molecule has 1 aliphatic rings. The SMILES string of the molecule is O=C(Cc1csc(NC(=O)[C@H]2CCC(=O)N2)n1)NCc1cccnc1. The van der Waals surface area contributed by atoms with Crippen molar-refractivity contribution in [3.63, 3.8) is 0 Å². The first-order valence-electron chi connectivity index (χ1n) is 7.80. The van der Waals surface area contributed by atoms with Gasteiger partial charge in [0.05, 0.1) is 12.1 Å². The Hall–Kier alpha value is -2.81. The summed E-state index contributed by atoms with van der Waals surface area (Å²) in [6.45, 7) is 0.405. The molecule has 3 heterocycles. The highest BCUT2D eigenvalue weighted by Gasteiger charge is 2.27. The lowest BCUT2D eigenvalue weighted by Gasteiger charge is -2.08. The topological polar surface area (TPSA) is 113 Å². The third kappa shape index (κ3) is 4.83. The third-order valence-electron chi connectivity index (χ3n) is 3.65. The van der Waals surface area contributed by atoms with Crippen LogP contribution in [0, 0.1) is 0 Å². The third-order valence-corrected chi connectivity index (χ3v) is 4.45. The molecule has 0 saturated carbocycles. The smallest absolute Gasteiger partial charge is 0.248 e. The zero-order chi connectivity index (χ0) is 17.6. The molecule has 0 spiro atoms. The van der Waals surface area contributed by atoms with Gasteiger partial charge in [0.25, 0.3) is 0 Å². The van der Waals surface area contributed by atoms with Crippen molar-refractivity contribution in [3.8, 4) is 0 Å². The van der Waals surface area contributed by atoms with Crippen LogP contribution in [0.1, 0.15) is 24.1 Å². The number of hydrogen-bond donors (Lipinski definition) is 3. The van der Waals surface area contributed by atoms with Crippen LogP contribution in [0.2, 0.25) is 0 Å². The highest BCUT2D eigenvalue weighted by molar-refractivity contribution is 7.13. The highest BCUT2D eigenvalue weighted by atomic mass is 32.1. The van der Waals surface area contributed by atoms with Crippen molar-refractivity contribution in [1.82, 2.24) is 20.6 Å². The molecule has 0 radical (unpaired) electrons. The van der Waals surface area contributed by atoms with Crippen LogP contribution in [0.15, 0.2) is 29.9 Å². The van der Waals surface area contributed by atoms with Crippen molar-refractivity contribution in [2.45, 2.75) is 31.8 Å². The summed E-state index contributed by atoms with van der Waals surface area (Å²) in [5.41, 5.74) is 1.50. The Labute approximate surface area is 148 Å². The van der Waals surface area contributed by atoms with Gasteiger partial charge in [0, 0.05) is 30.7 Å². The van der Waals surface area contributed by atoms with Gasteiger partial charge < -0.3 is 16.0 Å². The van der Waals surface area contributed by atoms with E-state index in [1.54, 1.807) is 17.8 Å². The van der Waals surface area contributed by atoms with E-state index >= 15 is 0 Å². The largest absolute Gasteiger partial charge is 0.352 e. The van der Waals surface area contributed by atoms with Crippen LogP contribution in [-0.2, 0) is 27.3 Å². The second kappa shape index (κ2) is 7.84. The Morgan fingerprint density at radius 1 is 1.40 bits per heavy atom. The minimum absolute atomic E-state index is 0.120. The van der Waals surface area contributed by atoms with Crippen LogP contribution in [-0.4, -0.2) is 33.7 Å². The second-order valence-corrected chi connectivity index (χ2v) is 6.46. The Kier molecular flexibility index (Phi) is 5.34. The molecule has 130 valence electrons. The van der Waals surface area contributed by atoms with Gasteiger partial charge in [-0.15, -0.1) is 11.3 Å². The van der Waals surface area contributed by atoms with Crippen molar-refractivity contribution in [3.05, 3.63) is 41.2 Å². The molecule has 25 heavy (non-hydrogen) atoms. The first-order chi connectivity index (χ1) is 12.1. The Morgan fingerprint density at radius 3 is 3.00 bits per heavy atom. The number of carbonyl (C=O) groups excluding carboxylic acids is 3. The van der Waals surface area contributed by atoms with E-state index in [4.69, 9.17) is 0 Å². The first-order valence-corrected chi connectivity index (χ1v) is 8.68. The first kappa shape index (κ1) is 17.0. The van der Waals surface area contributed by atoms with E-state index in [1.807, 2.05) is 12.1 Å². The number of nitrogens with zero attached hydrogens (tertiary/aromatic N) is 2. The molecular weight excluding hydrogens is 342 g/mol. The molecule has 1 saturated heterocycles. The minimum atomic E-state index is -0.511. The van der Waals surface area contributed by atoms with Crippen LogP contribution < -0.4 is 16.0 Å². The van der Waals surface area contributed by atoms with Gasteiger partial charge in [-0.25, -0.2) is 4.98 Å². The van der Waals surface area contributed by atoms with E-state index in [9.17, 15) is 14.4 Å². The maximum atomic E-state index is 12.0. The predicted octanol–water partition coefficient (Wildman–Crippen LogP) is 0.614. The molecule has 2 aromatic heterocycles. The summed E-state index contributed by atoms with van der Waals surface area (Å²) in [6, 6.07) is 3.18. The molecule has 2 aromatic rings. The summed E-state index contributed by atoms with van der Waals surface area (Å²) >= 11 is 1.25. The molecule has 0 aromatic carbocycles. The molecule has 0 aliphatic carbocycles. The number of hydrogen-bond acceptors (Lipinski definition) is 6. The molecule has 3 N–H and O–H groups in total. The summed E-state index contributed by atoms with van der Waals surface area (Å²) < 4.78 is 0. The van der Waals surface area contributed by atoms with Gasteiger partial charge in [-0.1, -0.05) is 6.07 Å². The van der Waals surface area contributed by atoms with Gasteiger partial charge in [0.2, 0.25) is 17.7 Å². The number of carbonyl (C=O) groups is 3. The summed E-state index contributed by atoms with van der Waals surface area (Å²) in [5.74, 6) is -0.562. The summed E-state index contributed by atoms with van der Waals surface area (Å²) in [6.07, 6.45) is 4.34.